The molecule has 3 nitrogen and oxygen atoms in total. The van der Waals surface area contributed by atoms with E-state index in [1.165, 1.54) is 218 Å². The maximum atomic E-state index is 13.9. The molecule has 49 heavy (non-hydrogen) atoms. The molecule has 3 heteroatoms. The Morgan fingerprint density at radius 3 is 1.10 bits per heavy atom. The van der Waals surface area contributed by atoms with Gasteiger partial charge in [-0.1, -0.05) is 226 Å². The largest absolute Gasteiger partial charge is 0.324 e. The van der Waals surface area contributed by atoms with E-state index in [2.05, 4.69) is 27.0 Å². The monoisotopic (exact) mass is 686 g/mol. The molecule has 1 atom stereocenters. The number of quaternary nitrogens is 1. The lowest BCUT2D eigenvalue weighted by Gasteiger charge is -2.30. The number of nitrogens with zero attached hydrogens (tertiary/aromatic N) is 2. The van der Waals surface area contributed by atoms with E-state index in [1.807, 2.05) is 6.20 Å². The summed E-state index contributed by atoms with van der Waals surface area (Å²) in [7, 11) is 0. The Kier molecular flexibility index (Phi) is 33.3. The normalized spacial score (nSPS) is 15.8. The quantitative estimate of drug-likeness (QED) is 0.0468. The van der Waals surface area contributed by atoms with Gasteiger partial charge in [-0.05, 0) is 25.7 Å². The Morgan fingerprint density at radius 2 is 0.735 bits per heavy atom. The van der Waals surface area contributed by atoms with Gasteiger partial charge in [0.25, 0.3) is 0 Å². The first-order valence-corrected chi connectivity index (χ1v) is 22.9. The van der Waals surface area contributed by atoms with E-state index in [9.17, 15) is 4.79 Å². The molecule has 1 amide bonds. The van der Waals surface area contributed by atoms with Crippen molar-refractivity contribution in [1.82, 2.24) is 0 Å². The van der Waals surface area contributed by atoms with Gasteiger partial charge in [0.15, 0.2) is 0 Å². The minimum Gasteiger partial charge on any atom is -0.230 e. The molecule has 1 unspecified atom stereocenters. The summed E-state index contributed by atoms with van der Waals surface area (Å²) in [5, 5.41) is 0. The first-order valence-electron chi connectivity index (χ1n) is 22.9. The maximum Gasteiger partial charge on any atom is 0.324 e. The molecule has 0 spiro atoms. The summed E-state index contributed by atoms with van der Waals surface area (Å²) < 4.78 is 0.452. The predicted octanol–water partition coefficient (Wildman–Crippen LogP) is 16.1. The molecule has 1 aliphatic rings. The van der Waals surface area contributed by atoms with Crippen LogP contribution in [0.15, 0.2) is 17.4 Å². The molecule has 0 N–H and O–H groups in total. The van der Waals surface area contributed by atoms with E-state index < -0.39 is 0 Å². The van der Waals surface area contributed by atoms with Crippen LogP contribution < -0.4 is 0 Å². The van der Waals surface area contributed by atoms with Gasteiger partial charge >= 0.3 is 5.91 Å². The van der Waals surface area contributed by atoms with E-state index in [-0.39, 0.29) is 0 Å². The first kappa shape index (κ1) is 46.1. The summed E-state index contributed by atoms with van der Waals surface area (Å²) in [5.74, 6) is 1.57. The van der Waals surface area contributed by atoms with Crippen LogP contribution in [0, 0.1) is 0 Å². The lowest BCUT2D eigenvalue weighted by Crippen LogP contribution is -2.52. The van der Waals surface area contributed by atoms with E-state index in [1.54, 1.807) is 0 Å². The Morgan fingerprint density at radius 1 is 0.429 bits per heavy atom. The highest BCUT2D eigenvalue weighted by molar-refractivity contribution is 5.90. The fourth-order valence-electron chi connectivity index (χ4n) is 7.88. The third kappa shape index (κ3) is 25.6. The van der Waals surface area contributed by atoms with Crippen molar-refractivity contribution in [1.29, 1.82) is 0 Å². The molecule has 0 saturated carbocycles. The number of amides is 1. The zero-order chi connectivity index (χ0) is 35.4. The number of hydrogen-bond donors (Lipinski definition) is 0. The molecule has 0 aliphatic carbocycles. The summed E-state index contributed by atoms with van der Waals surface area (Å²) in [5.41, 5.74) is 0. The second kappa shape index (κ2) is 35.4. The lowest BCUT2D eigenvalue weighted by molar-refractivity contribution is -0.708. The van der Waals surface area contributed by atoms with Crippen LogP contribution in [0.5, 0.6) is 0 Å². The van der Waals surface area contributed by atoms with E-state index in [0.717, 1.165) is 38.1 Å². The first-order chi connectivity index (χ1) is 24.2. The number of aliphatic imine (C=N–C) groups is 1. The minimum atomic E-state index is 0.415. The van der Waals surface area contributed by atoms with Gasteiger partial charge < -0.3 is 0 Å². The van der Waals surface area contributed by atoms with Crippen LogP contribution in [0.1, 0.15) is 265 Å². The number of carbonyl (C=O) groups is 1. The number of carbonyl (C=O) groups excluding carboxylic acids is 1. The van der Waals surface area contributed by atoms with Gasteiger partial charge in [0.1, 0.15) is 6.20 Å². The van der Waals surface area contributed by atoms with Crippen molar-refractivity contribution in [3.8, 4) is 0 Å². The minimum absolute atomic E-state index is 0.415. The molecular weight excluding hydrogens is 597 g/mol. The van der Waals surface area contributed by atoms with Crippen molar-refractivity contribution < 1.29 is 9.28 Å². The lowest BCUT2D eigenvalue weighted by atomic mass is 10.0. The summed E-state index contributed by atoms with van der Waals surface area (Å²) in [6.45, 7) is 7.82. The average molecular weight is 686 g/mol. The third-order valence-electron chi connectivity index (χ3n) is 11.3. The molecule has 1 aliphatic heterocycles. The van der Waals surface area contributed by atoms with Gasteiger partial charge in [0.05, 0.1) is 19.2 Å². The average Bonchev–Trinajstić information content (AvgIpc) is 3.53. The summed E-state index contributed by atoms with van der Waals surface area (Å²) >= 11 is 0. The molecular formula is C46H89N2O+. The standard InChI is InChI=1S/C46H89N2O/c1-4-7-10-13-16-19-21-23-25-27-29-31-34-37-40-45-47-42-44-48(45,46(49)41-38-35-32-18-15-12-9-6-3)43-39-36-33-30-28-26-24-22-20-17-14-11-8-5-2/h42,44H,4-41,43H2,1-3H3/q+1. The molecule has 1 rings (SSSR count). The number of rotatable bonds is 39. The number of hydrogen-bond acceptors (Lipinski definition) is 2. The second-order valence-corrected chi connectivity index (χ2v) is 16.0. The van der Waals surface area contributed by atoms with Gasteiger partial charge in [-0.25, -0.2) is 9.79 Å². The van der Waals surface area contributed by atoms with E-state index in [0.29, 0.717) is 10.4 Å². The van der Waals surface area contributed by atoms with Crippen molar-refractivity contribution in [2.75, 3.05) is 6.54 Å². The van der Waals surface area contributed by atoms with Gasteiger partial charge in [0.2, 0.25) is 5.84 Å². The van der Waals surface area contributed by atoms with Crippen molar-refractivity contribution in [2.24, 2.45) is 4.99 Å². The van der Waals surface area contributed by atoms with Gasteiger partial charge in [-0.3, -0.25) is 0 Å². The van der Waals surface area contributed by atoms with Crippen molar-refractivity contribution in [2.45, 2.75) is 265 Å². The molecule has 0 fully saturated rings. The summed E-state index contributed by atoms with van der Waals surface area (Å²) in [6.07, 6.45) is 54.7. The summed E-state index contributed by atoms with van der Waals surface area (Å²) in [6, 6.07) is 0. The second-order valence-electron chi connectivity index (χ2n) is 16.0. The van der Waals surface area contributed by atoms with Crippen LogP contribution in [0.4, 0.5) is 0 Å². The fraction of sp³-hybridized carbons (Fsp3) is 0.913. The van der Waals surface area contributed by atoms with Crippen LogP contribution in [-0.2, 0) is 4.79 Å². The highest BCUT2D eigenvalue weighted by atomic mass is 16.2. The number of unbranched alkanes of at least 4 members (excludes halogenated alkanes) is 33. The smallest absolute Gasteiger partial charge is 0.230 e. The van der Waals surface area contributed by atoms with Gasteiger partial charge in [-0.15, -0.1) is 0 Å². The Bertz CT molecular complexity index is 773. The zero-order valence-electron chi connectivity index (χ0n) is 34.0. The fourth-order valence-corrected chi connectivity index (χ4v) is 7.88. The maximum absolute atomic E-state index is 13.9. The molecule has 0 saturated heterocycles. The highest BCUT2D eigenvalue weighted by Crippen LogP contribution is 2.26. The Hall–Kier alpha value is -0.960. The molecule has 0 radical (unpaired) electrons. The molecule has 0 bridgehead atoms. The van der Waals surface area contributed by atoms with Crippen LogP contribution >= 0.6 is 0 Å². The molecule has 0 aromatic rings. The Labute approximate surface area is 308 Å². The molecule has 288 valence electrons. The molecule has 0 aromatic carbocycles. The van der Waals surface area contributed by atoms with Crippen LogP contribution in [-0.4, -0.2) is 22.8 Å². The van der Waals surface area contributed by atoms with Crippen LogP contribution in [0.2, 0.25) is 0 Å². The van der Waals surface area contributed by atoms with Gasteiger partial charge in [-0.2, -0.15) is 4.48 Å². The van der Waals surface area contributed by atoms with Crippen LogP contribution in [0.3, 0.4) is 0 Å². The van der Waals surface area contributed by atoms with Gasteiger partial charge in [0, 0.05) is 6.42 Å². The van der Waals surface area contributed by atoms with Crippen LogP contribution in [0.25, 0.3) is 0 Å². The zero-order valence-corrected chi connectivity index (χ0v) is 34.0. The third-order valence-corrected chi connectivity index (χ3v) is 11.3. The highest BCUT2D eigenvalue weighted by Gasteiger charge is 2.41. The van der Waals surface area contributed by atoms with Crippen molar-refractivity contribution in [3.05, 3.63) is 12.4 Å². The Balaban J connectivity index is 2.34. The summed E-state index contributed by atoms with van der Waals surface area (Å²) in [4.78, 5) is 18.8. The SMILES string of the molecule is CCCCCCCCCCCCCCCCC1=NC=C[N+]1(CCCCCCCCCCCCCCCC)C(=O)CCCCCCCCCC. The molecule has 1 heterocycles. The predicted molar refractivity (Wildman–Crippen MR) is 219 cm³/mol. The van der Waals surface area contributed by atoms with Crippen molar-refractivity contribution in [3.63, 3.8) is 0 Å². The molecule has 0 aromatic heterocycles. The topological polar surface area (TPSA) is 29.4 Å². The van der Waals surface area contributed by atoms with E-state index >= 15 is 0 Å². The van der Waals surface area contributed by atoms with Crippen molar-refractivity contribution >= 4 is 11.7 Å². The van der Waals surface area contributed by atoms with E-state index in [4.69, 9.17) is 4.99 Å². The number of amidine groups is 1.